The molecule has 1 heterocycles. The molecular formula is C14H24O3. The van der Waals surface area contributed by atoms with Gasteiger partial charge in [-0.25, -0.2) is 4.79 Å². The zero-order valence-corrected chi connectivity index (χ0v) is 11.3. The van der Waals surface area contributed by atoms with Crippen LogP contribution < -0.4 is 0 Å². The summed E-state index contributed by atoms with van der Waals surface area (Å²) >= 11 is 0. The minimum absolute atomic E-state index is 0.128. The Morgan fingerprint density at radius 2 is 1.94 bits per heavy atom. The summed E-state index contributed by atoms with van der Waals surface area (Å²) in [7, 11) is 0. The van der Waals surface area contributed by atoms with Crippen molar-refractivity contribution in [3.63, 3.8) is 0 Å². The summed E-state index contributed by atoms with van der Waals surface area (Å²) in [6, 6.07) is 0. The van der Waals surface area contributed by atoms with Gasteiger partial charge in [-0.05, 0) is 25.7 Å². The van der Waals surface area contributed by atoms with Gasteiger partial charge in [0.15, 0.2) is 5.60 Å². The highest BCUT2D eigenvalue weighted by Crippen LogP contribution is 2.50. The highest BCUT2D eigenvalue weighted by molar-refractivity contribution is 5.83. The molecule has 1 aliphatic heterocycles. The number of hydrogen-bond donors (Lipinski definition) is 0. The van der Waals surface area contributed by atoms with Crippen LogP contribution in [0.1, 0.15) is 52.9 Å². The van der Waals surface area contributed by atoms with Gasteiger partial charge in [0.05, 0.1) is 6.61 Å². The van der Waals surface area contributed by atoms with Gasteiger partial charge >= 0.3 is 5.97 Å². The van der Waals surface area contributed by atoms with Crippen molar-refractivity contribution in [3.05, 3.63) is 0 Å². The van der Waals surface area contributed by atoms with Crippen LogP contribution in [0.5, 0.6) is 0 Å². The molecule has 0 radical (unpaired) electrons. The van der Waals surface area contributed by atoms with E-state index in [0.29, 0.717) is 19.1 Å². The fourth-order valence-corrected chi connectivity index (χ4v) is 3.56. The molecule has 1 saturated carbocycles. The van der Waals surface area contributed by atoms with Gasteiger partial charge < -0.3 is 9.47 Å². The van der Waals surface area contributed by atoms with Crippen LogP contribution in [0.2, 0.25) is 0 Å². The van der Waals surface area contributed by atoms with Crippen LogP contribution in [0.3, 0.4) is 0 Å². The smallest absolute Gasteiger partial charge is 0.339 e. The summed E-state index contributed by atoms with van der Waals surface area (Å²) < 4.78 is 11.3. The van der Waals surface area contributed by atoms with Crippen molar-refractivity contribution in [3.8, 4) is 0 Å². The van der Waals surface area contributed by atoms with Gasteiger partial charge in [0.2, 0.25) is 0 Å². The molecule has 2 fully saturated rings. The first-order valence-corrected chi connectivity index (χ1v) is 6.86. The van der Waals surface area contributed by atoms with E-state index < -0.39 is 5.60 Å². The van der Waals surface area contributed by atoms with Crippen LogP contribution in [0, 0.1) is 11.3 Å². The Bertz CT molecular complexity index is 292. The number of ether oxygens (including phenoxy) is 2. The molecule has 2 rings (SSSR count). The highest BCUT2D eigenvalue weighted by atomic mass is 16.6. The third kappa shape index (κ3) is 1.88. The fraction of sp³-hybridized carbons (Fsp3) is 0.929. The Balaban J connectivity index is 2.32. The molecule has 0 N–H and O–H groups in total. The Morgan fingerprint density at radius 1 is 1.29 bits per heavy atom. The number of hydrogen-bond acceptors (Lipinski definition) is 3. The predicted molar refractivity (Wildman–Crippen MR) is 65.7 cm³/mol. The maximum absolute atomic E-state index is 12.3. The minimum atomic E-state index is -0.692. The van der Waals surface area contributed by atoms with Crippen LogP contribution in [0.25, 0.3) is 0 Å². The van der Waals surface area contributed by atoms with Gasteiger partial charge in [-0.2, -0.15) is 0 Å². The van der Waals surface area contributed by atoms with Crippen LogP contribution >= 0.6 is 0 Å². The monoisotopic (exact) mass is 240 g/mol. The minimum Gasteiger partial charge on any atom is -0.463 e. The Kier molecular flexibility index (Phi) is 3.48. The Labute approximate surface area is 104 Å². The Hall–Kier alpha value is -0.570. The molecule has 0 amide bonds. The lowest BCUT2D eigenvalue weighted by atomic mass is 9.65. The molecule has 3 nitrogen and oxygen atoms in total. The summed E-state index contributed by atoms with van der Waals surface area (Å²) in [5.74, 6) is 0.206. The van der Waals surface area contributed by atoms with E-state index in [9.17, 15) is 4.79 Å². The molecule has 0 aromatic carbocycles. The van der Waals surface area contributed by atoms with Gasteiger partial charge in [0.1, 0.15) is 0 Å². The molecule has 2 aliphatic rings. The second-order valence-corrected chi connectivity index (χ2v) is 5.96. The predicted octanol–water partition coefficient (Wildman–Crippen LogP) is 2.93. The molecule has 0 spiro atoms. The van der Waals surface area contributed by atoms with Crippen molar-refractivity contribution >= 4 is 5.97 Å². The zero-order valence-electron chi connectivity index (χ0n) is 11.3. The first-order valence-electron chi connectivity index (χ1n) is 6.86. The lowest BCUT2D eigenvalue weighted by Gasteiger charge is -2.43. The lowest BCUT2D eigenvalue weighted by Crippen LogP contribution is -2.55. The summed E-state index contributed by atoms with van der Waals surface area (Å²) in [6.45, 7) is 7.23. The zero-order chi connectivity index (χ0) is 12.5. The number of rotatable bonds is 3. The van der Waals surface area contributed by atoms with E-state index in [0.717, 1.165) is 12.8 Å². The van der Waals surface area contributed by atoms with E-state index in [1.165, 1.54) is 19.3 Å². The Morgan fingerprint density at radius 3 is 2.41 bits per heavy atom. The molecule has 98 valence electrons. The molecule has 3 heteroatoms. The highest BCUT2D eigenvalue weighted by Gasteiger charge is 2.62. The van der Waals surface area contributed by atoms with Crippen LogP contribution in [-0.2, 0) is 14.3 Å². The largest absolute Gasteiger partial charge is 0.463 e. The second-order valence-electron chi connectivity index (χ2n) is 5.96. The average Bonchev–Trinajstić information content (AvgIpc) is 2.55. The number of carbonyl (C=O) groups is 1. The van der Waals surface area contributed by atoms with Gasteiger partial charge in [0, 0.05) is 12.0 Å². The molecule has 0 bridgehead atoms. The molecule has 1 saturated heterocycles. The quantitative estimate of drug-likeness (QED) is 0.711. The summed E-state index contributed by atoms with van der Waals surface area (Å²) in [5, 5.41) is 0. The van der Waals surface area contributed by atoms with Crippen molar-refractivity contribution in [2.24, 2.45) is 11.3 Å². The van der Waals surface area contributed by atoms with Crippen LogP contribution in [0.15, 0.2) is 0 Å². The molecule has 1 unspecified atom stereocenters. The summed E-state index contributed by atoms with van der Waals surface area (Å²) in [6.07, 6.45) is 5.90. The fourth-order valence-electron chi connectivity index (χ4n) is 3.56. The van der Waals surface area contributed by atoms with Crippen molar-refractivity contribution in [2.45, 2.75) is 58.5 Å². The summed E-state index contributed by atoms with van der Waals surface area (Å²) in [4.78, 5) is 12.3. The molecule has 1 aliphatic carbocycles. The maximum Gasteiger partial charge on any atom is 0.339 e. The van der Waals surface area contributed by atoms with E-state index in [1.807, 2.05) is 6.92 Å². The van der Waals surface area contributed by atoms with E-state index >= 15 is 0 Å². The number of carbonyl (C=O) groups excluding carboxylic acids is 1. The van der Waals surface area contributed by atoms with E-state index in [4.69, 9.17) is 9.47 Å². The van der Waals surface area contributed by atoms with Gasteiger partial charge in [-0.15, -0.1) is 0 Å². The lowest BCUT2D eigenvalue weighted by molar-refractivity contribution is -0.177. The van der Waals surface area contributed by atoms with Gasteiger partial charge in [-0.3, -0.25) is 0 Å². The third-order valence-electron chi connectivity index (χ3n) is 4.42. The molecule has 0 aromatic rings. The average molecular weight is 240 g/mol. The number of cyclic esters (lactones) is 1. The van der Waals surface area contributed by atoms with E-state index in [-0.39, 0.29) is 11.4 Å². The molecular weight excluding hydrogens is 216 g/mol. The van der Waals surface area contributed by atoms with Gasteiger partial charge in [-0.1, -0.05) is 33.1 Å². The summed E-state index contributed by atoms with van der Waals surface area (Å²) in [5.41, 5.74) is -0.899. The SMILES string of the molecule is CCOC1(C2CCCCC2)C(=O)OCC1(C)C. The van der Waals surface area contributed by atoms with E-state index in [2.05, 4.69) is 13.8 Å². The standard InChI is InChI=1S/C14H24O3/c1-4-17-14(11-8-6-5-7-9-11)12(15)16-10-13(14,2)3/h11H,4-10H2,1-3H3. The molecule has 17 heavy (non-hydrogen) atoms. The van der Waals surface area contributed by atoms with Crippen molar-refractivity contribution in [1.29, 1.82) is 0 Å². The van der Waals surface area contributed by atoms with E-state index in [1.54, 1.807) is 0 Å². The van der Waals surface area contributed by atoms with Crippen LogP contribution in [-0.4, -0.2) is 24.8 Å². The van der Waals surface area contributed by atoms with Crippen LogP contribution in [0.4, 0.5) is 0 Å². The number of esters is 1. The topological polar surface area (TPSA) is 35.5 Å². The molecule has 1 atom stereocenters. The maximum atomic E-state index is 12.3. The second kappa shape index (κ2) is 4.60. The molecule has 0 aromatic heterocycles. The first-order chi connectivity index (χ1) is 8.04. The van der Waals surface area contributed by atoms with Crippen molar-refractivity contribution in [1.82, 2.24) is 0 Å². The first kappa shape index (κ1) is 12.9. The van der Waals surface area contributed by atoms with Gasteiger partial charge in [0.25, 0.3) is 0 Å². The van der Waals surface area contributed by atoms with Crippen molar-refractivity contribution < 1.29 is 14.3 Å². The normalized spacial score (nSPS) is 33.7. The third-order valence-corrected chi connectivity index (χ3v) is 4.42. The van der Waals surface area contributed by atoms with Crippen molar-refractivity contribution in [2.75, 3.05) is 13.2 Å².